The van der Waals surface area contributed by atoms with Crippen LogP contribution in [0.4, 0.5) is 0 Å². The smallest absolute Gasteiger partial charge is 0.216 e. The van der Waals surface area contributed by atoms with E-state index in [0.29, 0.717) is 11.2 Å². The summed E-state index contributed by atoms with van der Waals surface area (Å²) in [5, 5.41) is 4.68. The first-order valence-corrected chi connectivity index (χ1v) is 6.34. The molecule has 2 aromatic heterocycles. The minimum absolute atomic E-state index is 0.273. The SMILES string of the molecule is CC[C@H](C)c1nc(Cl)n(-c2nc(C)cc(C)n2)n1. The lowest BCUT2D eigenvalue weighted by Gasteiger charge is -2.03. The summed E-state index contributed by atoms with van der Waals surface area (Å²) in [6, 6.07) is 1.91. The van der Waals surface area contributed by atoms with Crippen LogP contribution < -0.4 is 0 Å². The lowest BCUT2D eigenvalue weighted by Crippen LogP contribution is -2.06. The van der Waals surface area contributed by atoms with Crippen molar-refractivity contribution in [3.8, 4) is 5.95 Å². The third-order valence-corrected chi connectivity index (χ3v) is 3.04. The molecule has 0 fully saturated rings. The highest BCUT2D eigenvalue weighted by molar-refractivity contribution is 6.28. The molecule has 0 aliphatic heterocycles. The van der Waals surface area contributed by atoms with Gasteiger partial charge < -0.3 is 0 Å². The molecule has 6 heteroatoms. The van der Waals surface area contributed by atoms with Crippen LogP contribution in [0.1, 0.15) is 43.4 Å². The van der Waals surface area contributed by atoms with Crippen LogP contribution in [0.15, 0.2) is 6.07 Å². The number of nitrogens with zero attached hydrogens (tertiary/aromatic N) is 5. The van der Waals surface area contributed by atoms with Gasteiger partial charge in [0, 0.05) is 17.3 Å². The molecule has 0 aliphatic carbocycles. The Morgan fingerprint density at radius 1 is 1.22 bits per heavy atom. The summed E-state index contributed by atoms with van der Waals surface area (Å²) in [7, 11) is 0. The lowest BCUT2D eigenvalue weighted by molar-refractivity contribution is 0.665. The Hall–Kier alpha value is -1.49. The van der Waals surface area contributed by atoms with Gasteiger partial charge in [-0.2, -0.15) is 4.68 Å². The van der Waals surface area contributed by atoms with Gasteiger partial charge in [-0.25, -0.2) is 15.0 Å². The Labute approximate surface area is 111 Å². The summed E-state index contributed by atoms with van der Waals surface area (Å²) in [4.78, 5) is 12.9. The summed E-state index contributed by atoms with van der Waals surface area (Å²) >= 11 is 6.09. The highest BCUT2D eigenvalue weighted by Gasteiger charge is 2.15. The van der Waals surface area contributed by atoms with Crippen molar-refractivity contribution in [1.82, 2.24) is 24.7 Å². The fourth-order valence-electron chi connectivity index (χ4n) is 1.63. The fourth-order valence-corrected chi connectivity index (χ4v) is 1.83. The van der Waals surface area contributed by atoms with E-state index < -0.39 is 0 Å². The molecule has 0 unspecified atom stereocenters. The van der Waals surface area contributed by atoms with E-state index in [4.69, 9.17) is 11.6 Å². The third-order valence-electron chi connectivity index (χ3n) is 2.80. The minimum atomic E-state index is 0.273. The van der Waals surface area contributed by atoms with Gasteiger partial charge in [0.1, 0.15) is 0 Å². The number of rotatable bonds is 3. The predicted molar refractivity (Wildman–Crippen MR) is 70.1 cm³/mol. The predicted octanol–water partition coefficient (Wildman–Crippen LogP) is 2.84. The van der Waals surface area contributed by atoms with Crippen LogP contribution in [0.5, 0.6) is 0 Å². The molecule has 1 atom stereocenters. The summed E-state index contributed by atoms with van der Waals surface area (Å²) in [5.74, 6) is 1.47. The van der Waals surface area contributed by atoms with Crippen LogP contribution in [0, 0.1) is 13.8 Å². The zero-order valence-corrected chi connectivity index (χ0v) is 11.7. The number of hydrogen-bond donors (Lipinski definition) is 0. The highest BCUT2D eigenvalue weighted by atomic mass is 35.5. The van der Waals surface area contributed by atoms with E-state index >= 15 is 0 Å². The summed E-state index contributed by atoms with van der Waals surface area (Å²) < 4.78 is 1.49. The van der Waals surface area contributed by atoms with Crippen LogP contribution >= 0.6 is 11.6 Å². The third kappa shape index (κ3) is 2.51. The Bertz CT molecular complexity index is 543. The highest BCUT2D eigenvalue weighted by Crippen LogP contribution is 2.19. The van der Waals surface area contributed by atoms with Crippen LogP contribution in [0.2, 0.25) is 5.28 Å². The molecule has 0 radical (unpaired) electrons. The van der Waals surface area contributed by atoms with Crippen molar-refractivity contribution in [3.05, 3.63) is 28.6 Å². The van der Waals surface area contributed by atoms with E-state index in [9.17, 15) is 0 Å². The molecule has 18 heavy (non-hydrogen) atoms. The first-order chi connectivity index (χ1) is 8.51. The summed E-state index contributed by atoms with van der Waals surface area (Å²) in [6.07, 6.45) is 0.966. The Balaban J connectivity index is 2.47. The molecule has 0 saturated carbocycles. The quantitative estimate of drug-likeness (QED) is 0.856. The zero-order chi connectivity index (χ0) is 13.3. The van der Waals surface area contributed by atoms with Crippen molar-refractivity contribution in [2.24, 2.45) is 0 Å². The van der Waals surface area contributed by atoms with Crippen molar-refractivity contribution in [3.63, 3.8) is 0 Å². The monoisotopic (exact) mass is 265 g/mol. The second kappa shape index (κ2) is 5.02. The van der Waals surface area contributed by atoms with Crippen molar-refractivity contribution in [1.29, 1.82) is 0 Å². The van der Waals surface area contributed by atoms with E-state index in [2.05, 4.69) is 33.9 Å². The lowest BCUT2D eigenvalue weighted by atomic mass is 10.1. The maximum atomic E-state index is 6.09. The van der Waals surface area contributed by atoms with E-state index in [-0.39, 0.29) is 5.92 Å². The zero-order valence-electron chi connectivity index (χ0n) is 11.0. The van der Waals surface area contributed by atoms with Crippen LogP contribution in [-0.4, -0.2) is 24.7 Å². The Morgan fingerprint density at radius 3 is 2.39 bits per heavy atom. The first-order valence-electron chi connectivity index (χ1n) is 5.96. The van der Waals surface area contributed by atoms with Crippen molar-refractivity contribution in [2.45, 2.75) is 40.0 Å². The summed E-state index contributed by atoms with van der Waals surface area (Å²) in [6.45, 7) is 7.99. The summed E-state index contributed by atoms with van der Waals surface area (Å²) in [5.41, 5.74) is 1.77. The minimum Gasteiger partial charge on any atom is -0.216 e. The molecule has 0 amide bonds. The molecule has 0 spiro atoms. The molecule has 2 aromatic rings. The normalized spacial score (nSPS) is 12.7. The van der Waals surface area contributed by atoms with Crippen LogP contribution in [-0.2, 0) is 0 Å². The number of aromatic nitrogens is 5. The van der Waals surface area contributed by atoms with Crippen molar-refractivity contribution < 1.29 is 0 Å². The molecule has 96 valence electrons. The van der Waals surface area contributed by atoms with Gasteiger partial charge in [-0.1, -0.05) is 13.8 Å². The average Bonchev–Trinajstić information content (AvgIpc) is 2.69. The number of halogens is 1. The van der Waals surface area contributed by atoms with Gasteiger partial charge in [0.15, 0.2) is 5.82 Å². The van der Waals surface area contributed by atoms with E-state index in [1.807, 2.05) is 19.9 Å². The Kier molecular flexibility index (Phi) is 3.61. The van der Waals surface area contributed by atoms with Gasteiger partial charge in [0.2, 0.25) is 5.28 Å². The van der Waals surface area contributed by atoms with Gasteiger partial charge in [0.25, 0.3) is 5.95 Å². The second-order valence-electron chi connectivity index (χ2n) is 4.41. The molecule has 2 heterocycles. The van der Waals surface area contributed by atoms with Gasteiger partial charge in [0.05, 0.1) is 0 Å². The van der Waals surface area contributed by atoms with Crippen molar-refractivity contribution >= 4 is 11.6 Å². The number of hydrogen-bond acceptors (Lipinski definition) is 4. The molecule has 2 rings (SSSR count). The molecular formula is C12H16ClN5. The molecule has 0 saturated heterocycles. The number of aryl methyl sites for hydroxylation is 2. The second-order valence-corrected chi connectivity index (χ2v) is 4.75. The molecule has 5 nitrogen and oxygen atoms in total. The maximum Gasteiger partial charge on any atom is 0.253 e. The molecular weight excluding hydrogens is 250 g/mol. The van der Waals surface area contributed by atoms with E-state index in [0.717, 1.165) is 23.6 Å². The maximum absolute atomic E-state index is 6.09. The first kappa shape index (κ1) is 13.0. The molecule has 0 N–H and O–H groups in total. The molecule has 0 aromatic carbocycles. The van der Waals surface area contributed by atoms with Crippen molar-refractivity contribution in [2.75, 3.05) is 0 Å². The van der Waals surface area contributed by atoms with Gasteiger partial charge in [-0.15, -0.1) is 5.10 Å². The van der Waals surface area contributed by atoms with Gasteiger partial charge in [-0.05, 0) is 37.9 Å². The van der Waals surface area contributed by atoms with Gasteiger partial charge in [-0.3, -0.25) is 0 Å². The average molecular weight is 266 g/mol. The van der Waals surface area contributed by atoms with Gasteiger partial charge >= 0.3 is 0 Å². The largest absolute Gasteiger partial charge is 0.253 e. The fraction of sp³-hybridized carbons (Fsp3) is 0.500. The van der Waals surface area contributed by atoms with E-state index in [1.54, 1.807) is 0 Å². The Morgan fingerprint density at radius 2 is 1.83 bits per heavy atom. The van der Waals surface area contributed by atoms with Crippen LogP contribution in [0.25, 0.3) is 5.95 Å². The molecule has 0 bridgehead atoms. The molecule has 0 aliphatic rings. The van der Waals surface area contributed by atoms with Crippen LogP contribution in [0.3, 0.4) is 0 Å². The topological polar surface area (TPSA) is 56.5 Å². The standard InChI is InChI=1S/C12H16ClN5/c1-5-7(2)10-16-11(13)18(17-10)12-14-8(3)6-9(4)15-12/h6-7H,5H2,1-4H3/t7-/m0/s1. The van der Waals surface area contributed by atoms with E-state index in [1.165, 1.54) is 4.68 Å².